The monoisotopic (exact) mass is 408 g/mol. The third kappa shape index (κ3) is 6.58. The SMILES string of the molecule is COC(=O)Cc1csc(NC(=O)/C=C/c2cccc(OCc3ccccc3)c2)n1. The summed E-state index contributed by atoms with van der Waals surface area (Å²) in [6.07, 6.45) is 3.21. The van der Waals surface area contributed by atoms with Gasteiger partial charge in [0.25, 0.3) is 0 Å². The first-order valence-electron chi connectivity index (χ1n) is 8.89. The molecule has 29 heavy (non-hydrogen) atoms. The Balaban J connectivity index is 1.54. The van der Waals surface area contributed by atoms with Crippen molar-refractivity contribution >= 4 is 34.4 Å². The van der Waals surface area contributed by atoms with Gasteiger partial charge in [-0.1, -0.05) is 42.5 Å². The number of hydrogen-bond acceptors (Lipinski definition) is 6. The van der Waals surface area contributed by atoms with Crippen LogP contribution in [0.4, 0.5) is 5.13 Å². The van der Waals surface area contributed by atoms with E-state index in [9.17, 15) is 9.59 Å². The summed E-state index contributed by atoms with van der Waals surface area (Å²) < 4.78 is 10.4. The van der Waals surface area contributed by atoms with E-state index in [1.807, 2.05) is 54.6 Å². The molecule has 1 heterocycles. The van der Waals surface area contributed by atoms with Gasteiger partial charge in [0, 0.05) is 11.5 Å². The largest absolute Gasteiger partial charge is 0.489 e. The quantitative estimate of drug-likeness (QED) is 0.449. The molecular formula is C22H20N2O4S. The Labute approximate surface area is 172 Å². The number of methoxy groups -OCH3 is 1. The van der Waals surface area contributed by atoms with Crippen LogP contribution in [0.3, 0.4) is 0 Å². The molecule has 2 aromatic carbocycles. The van der Waals surface area contributed by atoms with Crippen molar-refractivity contribution in [3.05, 3.63) is 82.9 Å². The predicted octanol–water partition coefficient (Wildman–Crippen LogP) is 4.09. The topological polar surface area (TPSA) is 77.5 Å². The number of carbonyl (C=O) groups excluding carboxylic acids is 2. The zero-order valence-corrected chi connectivity index (χ0v) is 16.6. The molecule has 0 atom stereocenters. The molecule has 1 N–H and O–H groups in total. The van der Waals surface area contributed by atoms with E-state index in [0.29, 0.717) is 17.4 Å². The minimum absolute atomic E-state index is 0.0779. The third-order valence-electron chi connectivity index (χ3n) is 3.87. The standard InChI is InChI=1S/C22H20N2O4S/c1-27-21(26)13-18-15-29-22(23-18)24-20(25)11-10-16-8-5-9-19(12-16)28-14-17-6-3-2-4-7-17/h2-12,15H,13-14H2,1H3,(H,23,24,25)/b11-10+. The van der Waals surface area contributed by atoms with Crippen molar-refractivity contribution in [2.75, 3.05) is 12.4 Å². The summed E-state index contributed by atoms with van der Waals surface area (Å²) in [5.74, 6) is 0.0470. The number of rotatable bonds is 8. The molecule has 0 bridgehead atoms. The van der Waals surface area contributed by atoms with Gasteiger partial charge in [0.1, 0.15) is 12.4 Å². The minimum Gasteiger partial charge on any atom is -0.489 e. The zero-order valence-electron chi connectivity index (χ0n) is 15.8. The molecule has 1 amide bonds. The van der Waals surface area contributed by atoms with Crippen LogP contribution in [-0.2, 0) is 27.4 Å². The molecule has 0 radical (unpaired) electrons. The number of anilines is 1. The Morgan fingerprint density at radius 3 is 2.76 bits per heavy atom. The number of esters is 1. The van der Waals surface area contributed by atoms with Gasteiger partial charge in [-0.3, -0.25) is 14.9 Å². The smallest absolute Gasteiger partial charge is 0.311 e. The van der Waals surface area contributed by atoms with Crippen LogP contribution in [0.1, 0.15) is 16.8 Å². The summed E-state index contributed by atoms with van der Waals surface area (Å²) in [6, 6.07) is 17.4. The Bertz CT molecular complexity index is 999. The highest BCUT2D eigenvalue weighted by molar-refractivity contribution is 7.14. The summed E-state index contributed by atoms with van der Waals surface area (Å²) in [5, 5.41) is 4.82. The number of benzene rings is 2. The molecule has 1 aromatic heterocycles. The number of hydrogen-bond donors (Lipinski definition) is 1. The van der Waals surface area contributed by atoms with E-state index in [4.69, 9.17) is 4.74 Å². The molecule has 6 nitrogen and oxygen atoms in total. The van der Waals surface area contributed by atoms with Crippen LogP contribution in [0.5, 0.6) is 5.75 Å². The van der Waals surface area contributed by atoms with E-state index < -0.39 is 0 Å². The Morgan fingerprint density at radius 1 is 1.14 bits per heavy atom. The average Bonchev–Trinajstić information content (AvgIpc) is 3.18. The number of thiazole rings is 1. The van der Waals surface area contributed by atoms with Gasteiger partial charge in [0.2, 0.25) is 5.91 Å². The molecular weight excluding hydrogens is 388 g/mol. The predicted molar refractivity (Wildman–Crippen MR) is 113 cm³/mol. The van der Waals surface area contributed by atoms with Crippen molar-refractivity contribution in [2.45, 2.75) is 13.0 Å². The van der Waals surface area contributed by atoms with Gasteiger partial charge in [0.15, 0.2) is 5.13 Å². The molecule has 3 aromatic rings. The van der Waals surface area contributed by atoms with E-state index in [-0.39, 0.29) is 18.3 Å². The van der Waals surface area contributed by atoms with Crippen LogP contribution in [0.2, 0.25) is 0 Å². The fourth-order valence-electron chi connectivity index (χ4n) is 2.43. The van der Waals surface area contributed by atoms with Crippen molar-refractivity contribution in [3.63, 3.8) is 0 Å². The highest BCUT2D eigenvalue weighted by atomic mass is 32.1. The van der Waals surface area contributed by atoms with E-state index in [2.05, 4.69) is 15.0 Å². The Kier molecular flexibility index (Phi) is 7.13. The second-order valence-electron chi connectivity index (χ2n) is 6.07. The molecule has 0 fully saturated rings. The molecule has 0 unspecified atom stereocenters. The number of amides is 1. The molecule has 0 spiro atoms. The van der Waals surface area contributed by atoms with Gasteiger partial charge in [-0.05, 0) is 29.3 Å². The summed E-state index contributed by atoms with van der Waals surface area (Å²) in [4.78, 5) is 27.6. The van der Waals surface area contributed by atoms with Crippen LogP contribution in [-0.4, -0.2) is 24.0 Å². The van der Waals surface area contributed by atoms with Crippen LogP contribution < -0.4 is 10.1 Å². The minimum atomic E-state index is -0.373. The zero-order chi connectivity index (χ0) is 20.5. The van der Waals surface area contributed by atoms with Crippen molar-refractivity contribution in [1.29, 1.82) is 0 Å². The first-order chi connectivity index (χ1) is 14.1. The third-order valence-corrected chi connectivity index (χ3v) is 4.68. The van der Waals surface area contributed by atoms with Gasteiger partial charge >= 0.3 is 5.97 Å². The maximum atomic E-state index is 12.1. The molecule has 148 valence electrons. The van der Waals surface area contributed by atoms with Gasteiger partial charge < -0.3 is 9.47 Å². The highest BCUT2D eigenvalue weighted by Gasteiger charge is 2.08. The Hall–Kier alpha value is -3.45. The van der Waals surface area contributed by atoms with E-state index >= 15 is 0 Å². The summed E-state index contributed by atoms with van der Waals surface area (Å²) >= 11 is 1.25. The molecule has 0 saturated carbocycles. The van der Waals surface area contributed by atoms with E-state index in [0.717, 1.165) is 16.9 Å². The average molecular weight is 408 g/mol. The maximum Gasteiger partial charge on any atom is 0.311 e. The normalized spacial score (nSPS) is 10.7. The van der Waals surface area contributed by atoms with Gasteiger partial charge in [0.05, 0.1) is 19.2 Å². The lowest BCUT2D eigenvalue weighted by atomic mass is 10.2. The lowest BCUT2D eigenvalue weighted by Crippen LogP contribution is -2.08. The van der Waals surface area contributed by atoms with Crippen LogP contribution in [0, 0.1) is 0 Å². The number of ether oxygens (including phenoxy) is 2. The summed E-state index contributed by atoms with van der Waals surface area (Å²) in [5.41, 5.74) is 2.49. The van der Waals surface area contributed by atoms with Gasteiger partial charge in [-0.25, -0.2) is 4.98 Å². The number of carbonyl (C=O) groups is 2. The molecule has 3 rings (SSSR count). The Morgan fingerprint density at radius 2 is 1.97 bits per heavy atom. The van der Waals surface area contributed by atoms with Crippen molar-refractivity contribution in [3.8, 4) is 5.75 Å². The molecule has 0 aliphatic carbocycles. The number of nitrogens with one attached hydrogen (secondary N) is 1. The second-order valence-corrected chi connectivity index (χ2v) is 6.92. The second kappa shape index (κ2) is 10.2. The summed E-state index contributed by atoms with van der Waals surface area (Å²) in [7, 11) is 1.32. The lowest BCUT2D eigenvalue weighted by Gasteiger charge is -2.06. The number of nitrogens with zero attached hydrogens (tertiary/aromatic N) is 1. The van der Waals surface area contributed by atoms with E-state index in [1.54, 1.807) is 11.5 Å². The lowest BCUT2D eigenvalue weighted by molar-refractivity contribution is -0.139. The van der Waals surface area contributed by atoms with Gasteiger partial charge in [-0.2, -0.15) is 0 Å². The van der Waals surface area contributed by atoms with Crippen molar-refractivity contribution in [1.82, 2.24) is 4.98 Å². The van der Waals surface area contributed by atoms with Gasteiger partial charge in [-0.15, -0.1) is 11.3 Å². The number of aromatic nitrogens is 1. The van der Waals surface area contributed by atoms with E-state index in [1.165, 1.54) is 24.5 Å². The molecule has 0 aliphatic heterocycles. The summed E-state index contributed by atoms with van der Waals surface area (Å²) in [6.45, 7) is 0.479. The van der Waals surface area contributed by atoms with Crippen molar-refractivity contribution < 1.29 is 19.1 Å². The molecule has 7 heteroatoms. The first-order valence-corrected chi connectivity index (χ1v) is 9.77. The first kappa shape index (κ1) is 20.3. The maximum absolute atomic E-state index is 12.1. The van der Waals surface area contributed by atoms with Crippen LogP contribution >= 0.6 is 11.3 Å². The fourth-order valence-corrected chi connectivity index (χ4v) is 3.15. The highest BCUT2D eigenvalue weighted by Crippen LogP contribution is 2.18. The van der Waals surface area contributed by atoms with Crippen molar-refractivity contribution in [2.24, 2.45) is 0 Å². The van der Waals surface area contributed by atoms with Crippen LogP contribution in [0.15, 0.2) is 66.1 Å². The molecule has 0 aliphatic rings. The molecule has 0 saturated heterocycles. The van der Waals surface area contributed by atoms with Crippen LogP contribution in [0.25, 0.3) is 6.08 Å². The fraction of sp³-hybridized carbons (Fsp3) is 0.136.